The van der Waals surface area contributed by atoms with Crippen molar-refractivity contribution in [3.8, 4) is 0 Å². The third-order valence-electron chi connectivity index (χ3n) is 3.47. The Morgan fingerprint density at radius 2 is 2.00 bits per heavy atom. The molecule has 0 aromatic heterocycles. The molecule has 0 bridgehead atoms. The molecule has 1 heterocycles. The van der Waals surface area contributed by atoms with Gasteiger partial charge in [-0.3, -0.25) is 9.59 Å². The quantitative estimate of drug-likeness (QED) is 0.492. The van der Waals surface area contributed by atoms with Crippen LogP contribution in [-0.4, -0.2) is 52.9 Å². The van der Waals surface area contributed by atoms with E-state index in [0.29, 0.717) is 18.5 Å². The summed E-state index contributed by atoms with van der Waals surface area (Å²) in [6.45, 7) is 0.342. The number of hydrogen-bond acceptors (Lipinski definition) is 4. The maximum Gasteiger partial charge on any atom is 0.475 e. The van der Waals surface area contributed by atoms with Crippen molar-refractivity contribution >= 4 is 41.5 Å². The molecule has 1 saturated heterocycles. The van der Waals surface area contributed by atoms with Crippen molar-refractivity contribution < 1.29 is 19.6 Å². The largest absolute Gasteiger partial charge is 0.475 e. The number of nitrogens with zero attached hydrogens (tertiary/aromatic N) is 1. The van der Waals surface area contributed by atoms with Crippen LogP contribution in [0.15, 0.2) is 24.3 Å². The number of nitrogens with one attached hydrogen (secondary N) is 1. The highest BCUT2D eigenvalue weighted by Crippen LogP contribution is 2.17. The topological polar surface area (TPSA) is 89.9 Å². The molecule has 2 amide bonds. The lowest BCUT2D eigenvalue weighted by Crippen LogP contribution is -2.48. The molecule has 0 spiro atoms. The van der Waals surface area contributed by atoms with E-state index in [4.69, 9.17) is 0 Å². The zero-order valence-corrected chi connectivity index (χ0v) is 13.5. The average Bonchev–Trinajstić information content (AvgIpc) is 2.95. The van der Waals surface area contributed by atoms with Crippen LogP contribution in [0.1, 0.15) is 23.2 Å². The predicted octanol–water partition coefficient (Wildman–Crippen LogP) is 0.0240. The van der Waals surface area contributed by atoms with Gasteiger partial charge >= 0.3 is 7.12 Å². The van der Waals surface area contributed by atoms with Crippen molar-refractivity contribution in [3.63, 3.8) is 0 Å². The fourth-order valence-electron chi connectivity index (χ4n) is 2.37. The fourth-order valence-corrected chi connectivity index (χ4v) is 2.73. The van der Waals surface area contributed by atoms with E-state index in [0.717, 1.165) is 9.99 Å². The molecule has 0 aliphatic carbocycles. The molecular weight excluding hydrogens is 384 g/mol. The molecule has 21 heavy (non-hydrogen) atoms. The Hall–Kier alpha value is -1.13. The van der Waals surface area contributed by atoms with E-state index in [-0.39, 0.29) is 18.4 Å². The monoisotopic (exact) mass is 400 g/mol. The highest BCUT2D eigenvalue weighted by Gasteiger charge is 2.36. The highest BCUT2D eigenvalue weighted by molar-refractivity contribution is 14.1. The maximum atomic E-state index is 12.0. The molecule has 1 aliphatic heterocycles. The van der Waals surface area contributed by atoms with Crippen LogP contribution in [0.25, 0.3) is 0 Å². The molecule has 8 heteroatoms. The van der Waals surface area contributed by atoms with Gasteiger partial charge in [0.2, 0.25) is 5.91 Å². The fraction of sp³-hybridized carbons (Fsp3) is 0.385. The van der Waals surface area contributed by atoms with E-state index in [1.807, 2.05) is 12.1 Å². The van der Waals surface area contributed by atoms with E-state index in [9.17, 15) is 19.6 Å². The minimum absolute atomic E-state index is 0.145. The Morgan fingerprint density at radius 1 is 1.33 bits per heavy atom. The molecule has 1 aromatic carbocycles. The lowest BCUT2D eigenvalue weighted by atomic mass is 9.78. The van der Waals surface area contributed by atoms with Crippen molar-refractivity contribution in [3.05, 3.63) is 33.4 Å². The van der Waals surface area contributed by atoms with E-state index in [1.54, 1.807) is 12.1 Å². The molecule has 1 aromatic rings. The number of rotatable bonds is 4. The molecule has 1 atom stereocenters. The summed E-state index contributed by atoms with van der Waals surface area (Å²) < 4.78 is 1.03. The van der Waals surface area contributed by atoms with Gasteiger partial charge in [0.1, 0.15) is 0 Å². The van der Waals surface area contributed by atoms with Crippen LogP contribution in [0, 0.1) is 3.57 Å². The highest BCUT2D eigenvalue weighted by atomic mass is 125. The van der Waals surface area contributed by atoms with E-state index < -0.39 is 13.1 Å². The Labute approximate surface area is 136 Å². The first-order chi connectivity index (χ1) is 9.99. The van der Waals surface area contributed by atoms with Gasteiger partial charge in [-0.15, -0.1) is 0 Å². The van der Waals surface area contributed by atoms with Crippen LogP contribution in [-0.2, 0) is 4.79 Å². The van der Waals surface area contributed by atoms with Gasteiger partial charge in [-0.2, -0.15) is 0 Å². The smallest absolute Gasteiger partial charge is 0.426 e. The van der Waals surface area contributed by atoms with Crippen molar-refractivity contribution in [1.29, 1.82) is 0 Å². The predicted molar refractivity (Wildman–Crippen MR) is 86.4 cm³/mol. The van der Waals surface area contributed by atoms with Gasteiger partial charge in [0.15, 0.2) is 0 Å². The van der Waals surface area contributed by atoms with Gasteiger partial charge in [-0.1, -0.05) is 0 Å². The lowest BCUT2D eigenvalue weighted by molar-refractivity contribution is -0.130. The molecular formula is C13H16BIN2O4. The van der Waals surface area contributed by atoms with Crippen molar-refractivity contribution in [2.75, 3.05) is 13.1 Å². The number of hydrogen-bond donors (Lipinski definition) is 3. The van der Waals surface area contributed by atoms with Gasteiger partial charge in [0.25, 0.3) is 5.91 Å². The van der Waals surface area contributed by atoms with Crippen LogP contribution < -0.4 is 5.32 Å². The summed E-state index contributed by atoms with van der Waals surface area (Å²) in [5.74, 6) is -1.20. The summed E-state index contributed by atoms with van der Waals surface area (Å²) in [6.07, 6.45) is 1.30. The van der Waals surface area contributed by atoms with Crippen LogP contribution in [0.2, 0.25) is 0 Å². The molecule has 1 fully saturated rings. The Morgan fingerprint density at radius 3 is 2.62 bits per heavy atom. The van der Waals surface area contributed by atoms with Gasteiger partial charge in [-0.05, 0) is 59.7 Å². The molecule has 0 radical (unpaired) electrons. The van der Waals surface area contributed by atoms with Gasteiger partial charge in [-0.25, -0.2) is 0 Å². The normalized spacial score (nSPS) is 17.7. The van der Waals surface area contributed by atoms with Gasteiger partial charge < -0.3 is 20.3 Å². The molecule has 0 unspecified atom stereocenters. The SMILES string of the molecule is O=C(NCC(=O)N1CCC[C@H]1B(O)O)c1ccc([125I])cc1. The second kappa shape index (κ2) is 7.23. The molecule has 6 nitrogen and oxygen atoms in total. The summed E-state index contributed by atoms with van der Waals surface area (Å²) in [5.41, 5.74) is 0.489. The first kappa shape index (κ1) is 16.2. The third-order valence-corrected chi connectivity index (χ3v) is 4.19. The van der Waals surface area contributed by atoms with E-state index in [1.165, 1.54) is 4.90 Å². The molecule has 3 N–H and O–H groups in total. The molecule has 0 saturated carbocycles. The standard InChI is InChI=1S/C13H16BIN2O4/c15-10-5-3-9(4-6-10)13(19)16-8-12(18)17-7-1-2-11(17)14(20)21/h3-6,11,20-21H,1-2,7-8H2,(H,16,19)/t11-/m0/s1/i15-2. The number of halogens is 1. The van der Waals surface area contributed by atoms with Crippen LogP contribution in [0.4, 0.5) is 0 Å². The maximum absolute atomic E-state index is 12.0. The van der Waals surface area contributed by atoms with Crippen LogP contribution >= 0.6 is 22.6 Å². The van der Waals surface area contributed by atoms with Crippen molar-refractivity contribution in [1.82, 2.24) is 10.2 Å². The summed E-state index contributed by atoms with van der Waals surface area (Å²) >= 11 is 2.15. The third kappa shape index (κ3) is 4.18. The molecule has 1 aliphatic rings. The minimum atomic E-state index is -1.54. The Balaban J connectivity index is 1.89. The number of likely N-dealkylation sites (tertiary alicyclic amines) is 1. The van der Waals surface area contributed by atoms with Crippen molar-refractivity contribution in [2.45, 2.75) is 18.8 Å². The number of amides is 2. The second-order valence-electron chi connectivity index (χ2n) is 4.90. The lowest BCUT2D eigenvalue weighted by Gasteiger charge is -2.24. The first-order valence-corrected chi connectivity index (χ1v) is 7.76. The van der Waals surface area contributed by atoms with Gasteiger partial charge in [0, 0.05) is 15.7 Å². The zero-order chi connectivity index (χ0) is 15.4. The Kier molecular flexibility index (Phi) is 5.60. The first-order valence-electron chi connectivity index (χ1n) is 6.68. The summed E-state index contributed by atoms with van der Waals surface area (Å²) in [4.78, 5) is 25.4. The van der Waals surface area contributed by atoms with Crippen LogP contribution in [0.5, 0.6) is 0 Å². The second-order valence-corrected chi connectivity index (χ2v) is 6.15. The number of carbonyl (C=O) groups is 2. The molecule has 112 valence electrons. The van der Waals surface area contributed by atoms with Crippen molar-refractivity contribution in [2.24, 2.45) is 0 Å². The van der Waals surface area contributed by atoms with E-state index >= 15 is 0 Å². The molecule has 2 rings (SSSR count). The number of benzene rings is 1. The minimum Gasteiger partial charge on any atom is -0.426 e. The Bertz CT molecular complexity index is 523. The number of carbonyl (C=O) groups excluding carboxylic acids is 2. The van der Waals surface area contributed by atoms with Gasteiger partial charge in [0.05, 0.1) is 12.5 Å². The summed E-state index contributed by atoms with van der Waals surface area (Å²) in [7, 11) is -1.54. The van der Waals surface area contributed by atoms with Crippen LogP contribution in [0.3, 0.4) is 0 Å². The summed E-state index contributed by atoms with van der Waals surface area (Å²) in [6, 6.07) is 7.02. The average molecular weight is 400 g/mol. The summed E-state index contributed by atoms with van der Waals surface area (Å²) in [5, 5.41) is 21.0. The van der Waals surface area contributed by atoms with E-state index in [2.05, 4.69) is 27.9 Å². The zero-order valence-electron chi connectivity index (χ0n) is 11.3.